The summed E-state index contributed by atoms with van der Waals surface area (Å²) < 4.78 is 6.94. The first-order valence-corrected chi connectivity index (χ1v) is 7.02. The van der Waals surface area contributed by atoms with E-state index in [-0.39, 0.29) is 11.4 Å². The average Bonchev–Trinajstić information content (AvgIpc) is 3.06. The summed E-state index contributed by atoms with van der Waals surface area (Å²) in [7, 11) is 1.57. The van der Waals surface area contributed by atoms with Crippen LogP contribution in [0.2, 0.25) is 0 Å². The van der Waals surface area contributed by atoms with Gasteiger partial charge in [0.25, 0.3) is 5.69 Å². The number of ether oxygens (including phenoxy) is 1. The molecular weight excluding hydrogens is 308 g/mol. The summed E-state index contributed by atoms with van der Waals surface area (Å²) in [6.07, 6.45) is 0. The SMILES string of the molecule is COc1ccccc1-c1cc(C#N)nn1-c1ccc([N+](=O)[O-])cc1. The Balaban J connectivity index is 2.17. The molecule has 1 aromatic heterocycles. The highest BCUT2D eigenvalue weighted by Crippen LogP contribution is 2.32. The van der Waals surface area contributed by atoms with E-state index in [0.29, 0.717) is 17.1 Å². The summed E-state index contributed by atoms with van der Waals surface area (Å²) >= 11 is 0. The first-order valence-electron chi connectivity index (χ1n) is 7.02. The van der Waals surface area contributed by atoms with Gasteiger partial charge in [0, 0.05) is 23.8 Å². The first kappa shape index (κ1) is 15.2. The third-order valence-electron chi connectivity index (χ3n) is 3.51. The van der Waals surface area contributed by atoms with Crippen LogP contribution in [-0.2, 0) is 0 Å². The van der Waals surface area contributed by atoms with E-state index in [2.05, 4.69) is 5.10 Å². The molecule has 0 saturated carbocycles. The maximum absolute atomic E-state index is 10.8. The zero-order chi connectivity index (χ0) is 17.1. The van der Waals surface area contributed by atoms with Gasteiger partial charge in [-0.15, -0.1) is 0 Å². The zero-order valence-electron chi connectivity index (χ0n) is 12.7. The van der Waals surface area contributed by atoms with Crippen molar-refractivity contribution in [2.45, 2.75) is 0 Å². The number of nitro benzene ring substituents is 1. The van der Waals surface area contributed by atoms with Crippen LogP contribution in [-0.4, -0.2) is 21.8 Å². The van der Waals surface area contributed by atoms with Gasteiger partial charge in [0.1, 0.15) is 11.8 Å². The molecule has 7 heteroatoms. The largest absolute Gasteiger partial charge is 0.496 e. The quantitative estimate of drug-likeness (QED) is 0.543. The monoisotopic (exact) mass is 320 g/mol. The molecule has 0 aliphatic heterocycles. The molecule has 1 heterocycles. The summed E-state index contributed by atoms with van der Waals surface area (Å²) in [5.74, 6) is 0.644. The van der Waals surface area contributed by atoms with E-state index in [4.69, 9.17) is 10.00 Å². The van der Waals surface area contributed by atoms with Crippen molar-refractivity contribution in [2.24, 2.45) is 0 Å². The second-order valence-electron chi connectivity index (χ2n) is 4.91. The topological polar surface area (TPSA) is 94.0 Å². The molecule has 118 valence electrons. The molecule has 0 radical (unpaired) electrons. The van der Waals surface area contributed by atoms with Gasteiger partial charge in [-0.2, -0.15) is 10.4 Å². The predicted octanol–water partition coefficient (Wildman–Crippen LogP) is 3.33. The average molecular weight is 320 g/mol. The second kappa shape index (κ2) is 6.22. The van der Waals surface area contributed by atoms with Gasteiger partial charge in [0.2, 0.25) is 0 Å². The minimum Gasteiger partial charge on any atom is -0.496 e. The lowest BCUT2D eigenvalue weighted by Gasteiger charge is -2.10. The van der Waals surface area contributed by atoms with Crippen LogP contribution in [0, 0.1) is 21.4 Å². The van der Waals surface area contributed by atoms with E-state index < -0.39 is 4.92 Å². The van der Waals surface area contributed by atoms with Gasteiger partial charge in [-0.1, -0.05) is 12.1 Å². The van der Waals surface area contributed by atoms with Crippen molar-refractivity contribution in [2.75, 3.05) is 7.11 Å². The molecule has 0 saturated heterocycles. The predicted molar refractivity (Wildman–Crippen MR) is 86.9 cm³/mol. The number of nitro groups is 1. The zero-order valence-corrected chi connectivity index (χ0v) is 12.7. The number of rotatable bonds is 4. The molecule has 0 N–H and O–H groups in total. The van der Waals surface area contributed by atoms with Gasteiger partial charge in [-0.25, -0.2) is 4.68 Å². The molecule has 0 atom stereocenters. The highest BCUT2D eigenvalue weighted by molar-refractivity contribution is 5.70. The Morgan fingerprint density at radius 2 is 1.92 bits per heavy atom. The number of nitriles is 1. The minimum absolute atomic E-state index is 0.00902. The normalized spacial score (nSPS) is 10.2. The fourth-order valence-corrected chi connectivity index (χ4v) is 2.40. The third kappa shape index (κ3) is 2.68. The van der Waals surface area contributed by atoms with Crippen LogP contribution in [0.1, 0.15) is 5.69 Å². The molecule has 0 aliphatic rings. The smallest absolute Gasteiger partial charge is 0.269 e. The van der Waals surface area contributed by atoms with Crippen LogP contribution in [0.25, 0.3) is 16.9 Å². The van der Waals surface area contributed by atoms with E-state index in [1.807, 2.05) is 30.3 Å². The molecule has 7 nitrogen and oxygen atoms in total. The molecule has 0 bridgehead atoms. The Hall–Kier alpha value is -3.66. The molecule has 2 aromatic carbocycles. The van der Waals surface area contributed by atoms with Crippen LogP contribution < -0.4 is 4.74 Å². The number of benzene rings is 2. The summed E-state index contributed by atoms with van der Waals surface area (Å²) in [6.45, 7) is 0. The third-order valence-corrected chi connectivity index (χ3v) is 3.51. The van der Waals surface area contributed by atoms with Gasteiger partial charge in [-0.3, -0.25) is 10.1 Å². The van der Waals surface area contributed by atoms with Gasteiger partial charge in [-0.05, 0) is 24.3 Å². The van der Waals surface area contributed by atoms with E-state index in [9.17, 15) is 10.1 Å². The van der Waals surface area contributed by atoms with E-state index in [1.165, 1.54) is 12.1 Å². The lowest BCUT2D eigenvalue weighted by atomic mass is 10.1. The molecule has 0 fully saturated rings. The highest BCUT2D eigenvalue weighted by Gasteiger charge is 2.16. The Kier molecular flexibility index (Phi) is 3.95. The van der Waals surface area contributed by atoms with Crippen molar-refractivity contribution in [1.29, 1.82) is 5.26 Å². The van der Waals surface area contributed by atoms with E-state index >= 15 is 0 Å². The summed E-state index contributed by atoms with van der Waals surface area (Å²) in [6, 6.07) is 17.0. The lowest BCUT2D eigenvalue weighted by Crippen LogP contribution is -2.00. The number of aromatic nitrogens is 2. The molecule has 3 rings (SSSR count). The summed E-state index contributed by atoms with van der Waals surface area (Å²) in [4.78, 5) is 10.3. The number of non-ortho nitro benzene ring substituents is 1. The van der Waals surface area contributed by atoms with Crippen LogP contribution in [0.3, 0.4) is 0 Å². The maximum atomic E-state index is 10.8. The fourth-order valence-electron chi connectivity index (χ4n) is 2.40. The van der Waals surface area contributed by atoms with Crippen molar-refractivity contribution in [3.8, 4) is 28.8 Å². The number of para-hydroxylation sites is 1. The van der Waals surface area contributed by atoms with E-state index in [1.54, 1.807) is 30.0 Å². The molecule has 0 unspecified atom stereocenters. The van der Waals surface area contributed by atoms with Crippen LogP contribution in [0.4, 0.5) is 5.69 Å². The van der Waals surface area contributed by atoms with Crippen LogP contribution in [0.5, 0.6) is 5.75 Å². The molecule has 24 heavy (non-hydrogen) atoms. The van der Waals surface area contributed by atoms with Gasteiger partial charge < -0.3 is 4.74 Å². The van der Waals surface area contributed by atoms with Crippen molar-refractivity contribution in [3.05, 3.63) is 70.4 Å². The Morgan fingerprint density at radius 1 is 1.21 bits per heavy atom. The molecule has 0 spiro atoms. The molecule has 0 aliphatic carbocycles. The van der Waals surface area contributed by atoms with Crippen LogP contribution in [0.15, 0.2) is 54.6 Å². The van der Waals surface area contributed by atoms with Crippen molar-refractivity contribution in [1.82, 2.24) is 9.78 Å². The lowest BCUT2D eigenvalue weighted by molar-refractivity contribution is -0.384. The first-order chi connectivity index (χ1) is 11.6. The van der Waals surface area contributed by atoms with Crippen molar-refractivity contribution >= 4 is 5.69 Å². The fraction of sp³-hybridized carbons (Fsp3) is 0.0588. The number of hydrogen-bond acceptors (Lipinski definition) is 5. The molecule has 0 amide bonds. The number of methoxy groups -OCH3 is 1. The maximum Gasteiger partial charge on any atom is 0.269 e. The number of nitrogens with zero attached hydrogens (tertiary/aromatic N) is 4. The number of hydrogen-bond donors (Lipinski definition) is 0. The van der Waals surface area contributed by atoms with Gasteiger partial charge in [0.05, 0.1) is 23.4 Å². The van der Waals surface area contributed by atoms with Crippen LogP contribution >= 0.6 is 0 Å². The minimum atomic E-state index is -0.464. The second-order valence-corrected chi connectivity index (χ2v) is 4.91. The Labute approximate surface area is 137 Å². The Morgan fingerprint density at radius 3 is 2.54 bits per heavy atom. The Bertz CT molecular complexity index is 939. The van der Waals surface area contributed by atoms with Crippen molar-refractivity contribution in [3.63, 3.8) is 0 Å². The van der Waals surface area contributed by atoms with Gasteiger partial charge >= 0.3 is 0 Å². The highest BCUT2D eigenvalue weighted by atomic mass is 16.6. The standard InChI is InChI=1S/C17H12N4O3/c1-24-17-5-3-2-4-15(17)16-10-12(11-18)19-20(16)13-6-8-14(9-7-13)21(22)23/h2-10H,1H3. The van der Waals surface area contributed by atoms with Crippen molar-refractivity contribution < 1.29 is 9.66 Å². The molecular formula is C17H12N4O3. The summed E-state index contributed by atoms with van der Waals surface area (Å²) in [5, 5.41) is 24.2. The van der Waals surface area contributed by atoms with E-state index in [0.717, 1.165) is 5.56 Å². The molecule has 3 aromatic rings. The van der Waals surface area contributed by atoms with Gasteiger partial charge in [0.15, 0.2) is 5.69 Å². The summed E-state index contributed by atoms with van der Waals surface area (Å²) in [5.41, 5.74) is 2.28.